The van der Waals surface area contributed by atoms with Crippen LogP contribution in [0.25, 0.3) is 6.08 Å². The second-order valence-corrected chi connectivity index (χ2v) is 4.86. The second kappa shape index (κ2) is 7.23. The molecule has 0 heterocycles. The Kier molecular flexibility index (Phi) is 5.11. The maximum atomic E-state index is 13.3. The first kappa shape index (κ1) is 16.2. The molecule has 2 aromatic carbocycles. The van der Waals surface area contributed by atoms with Crippen LogP contribution in [0.3, 0.4) is 0 Å². The summed E-state index contributed by atoms with van der Waals surface area (Å²) < 4.78 is 18.3. The van der Waals surface area contributed by atoms with Crippen LogP contribution >= 0.6 is 0 Å². The minimum absolute atomic E-state index is 0.0631. The number of methoxy groups -OCH3 is 1. The Morgan fingerprint density at radius 3 is 2.52 bits per heavy atom. The molecule has 23 heavy (non-hydrogen) atoms. The molecule has 0 saturated heterocycles. The first-order valence-corrected chi connectivity index (χ1v) is 6.87. The molecule has 0 fully saturated rings. The van der Waals surface area contributed by atoms with Gasteiger partial charge in [0.25, 0.3) is 5.91 Å². The molecule has 1 N–H and O–H groups in total. The molecule has 5 heteroatoms. The number of benzene rings is 2. The number of ether oxygens (including phenoxy) is 1. The van der Waals surface area contributed by atoms with E-state index in [1.807, 2.05) is 6.07 Å². The molecule has 0 aliphatic heterocycles. The second-order valence-electron chi connectivity index (χ2n) is 4.86. The number of carbonyl (C=O) groups excluding carboxylic acids is 1. The van der Waals surface area contributed by atoms with Gasteiger partial charge in [-0.2, -0.15) is 5.26 Å². The molecular formula is C18H15FN2O2. The monoisotopic (exact) mass is 310 g/mol. The standard InChI is InChI=1S/C18H15FN2O2/c1-12-9-13(3-8-17(12)19)10-14(11-20)18(22)21-15-4-6-16(23-2)7-5-15/h3-10H,1-2H3,(H,21,22). The van der Waals surface area contributed by atoms with Crippen LogP contribution in [0.5, 0.6) is 5.75 Å². The predicted molar refractivity (Wildman–Crippen MR) is 86.4 cm³/mol. The predicted octanol–water partition coefficient (Wildman–Crippen LogP) is 3.69. The highest BCUT2D eigenvalue weighted by atomic mass is 19.1. The van der Waals surface area contributed by atoms with Gasteiger partial charge in [-0.1, -0.05) is 6.07 Å². The summed E-state index contributed by atoms with van der Waals surface area (Å²) in [5.74, 6) is -0.191. The van der Waals surface area contributed by atoms with Gasteiger partial charge in [0, 0.05) is 5.69 Å². The fraction of sp³-hybridized carbons (Fsp3) is 0.111. The van der Waals surface area contributed by atoms with Gasteiger partial charge in [-0.3, -0.25) is 4.79 Å². The largest absolute Gasteiger partial charge is 0.497 e. The molecule has 0 aromatic heterocycles. The fourth-order valence-electron chi connectivity index (χ4n) is 1.95. The first-order chi connectivity index (χ1) is 11.0. The summed E-state index contributed by atoms with van der Waals surface area (Å²) >= 11 is 0. The van der Waals surface area contributed by atoms with Gasteiger partial charge in [-0.15, -0.1) is 0 Å². The van der Waals surface area contributed by atoms with Gasteiger partial charge in [-0.05, 0) is 60.5 Å². The molecule has 0 atom stereocenters. The number of nitrogens with zero attached hydrogens (tertiary/aromatic N) is 1. The van der Waals surface area contributed by atoms with Crippen LogP contribution in [0.1, 0.15) is 11.1 Å². The quantitative estimate of drug-likeness (QED) is 0.692. The zero-order valence-corrected chi connectivity index (χ0v) is 12.8. The van der Waals surface area contributed by atoms with Crippen LogP contribution < -0.4 is 10.1 Å². The Hall–Kier alpha value is -3.13. The first-order valence-electron chi connectivity index (χ1n) is 6.87. The van der Waals surface area contributed by atoms with Crippen molar-refractivity contribution in [2.45, 2.75) is 6.92 Å². The van der Waals surface area contributed by atoms with Crippen LogP contribution in [-0.2, 0) is 4.79 Å². The number of hydrogen-bond acceptors (Lipinski definition) is 3. The van der Waals surface area contributed by atoms with Gasteiger partial charge in [0.15, 0.2) is 0 Å². The zero-order chi connectivity index (χ0) is 16.8. The van der Waals surface area contributed by atoms with Crippen molar-refractivity contribution >= 4 is 17.7 Å². The van der Waals surface area contributed by atoms with E-state index in [1.165, 1.54) is 18.2 Å². The van der Waals surface area contributed by atoms with Crippen LogP contribution in [0.2, 0.25) is 0 Å². The van der Waals surface area contributed by atoms with E-state index in [9.17, 15) is 9.18 Å². The molecule has 0 radical (unpaired) electrons. The Morgan fingerprint density at radius 1 is 1.26 bits per heavy atom. The molecule has 0 aliphatic rings. The van der Waals surface area contributed by atoms with E-state index < -0.39 is 5.91 Å². The number of anilines is 1. The smallest absolute Gasteiger partial charge is 0.266 e. The third-order valence-corrected chi connectivity index (χ3v) is 3.21. The van der Waals surface area contributed by atoms with Crippen molar-refractivity contribution in [1.29, 1.82) is 5.26 Å². The van der Waals surface area contributed by atoms with Crippen LogP contribution in [0, 0.1) is 24.1 Å². The van der Waals surface area contributed by atoms with Crippen LogP contribution in [0.15, 0.2) is 48.0 Å². The Bertz CT molecular complexity index is 790. The third-order valence-electron chi connectivity index (χ3n) is 3.21. The van der Waals surface area contributed by atoms with Gasteiger partial charge >= 0.3 is 0 Å². The summed E-state index contributed by atoms with van der Waals surface area (Å²) in [4.78, 5) is 12.1. The third kappa shape index (κ3) is 4.17. The van der Waals surface area contributed by atoms with E-state index in [0.29, 0.717) is 22.6 Å². The number of halogens is 1. The number of nitriles is 1. The number of nitrogens with one attached hydrogen (secondary N) is 1. The lowest BCUT2D eigenvalue weighted by molar-refractivity contribution is -0.112. The minimum Gasteiger partial charge on any atom is -0.497 e. The number of aryl methyl sites for hydroxylation is 1. The molecule has 116 valence electrons. The number of amides is 1. The number of hydrogen-bond donors (Lipinski definition) is 1. The fourth-order valence-corrected chi connectivity index (χ4v) is 1.95. The summed E-state index contributed by atoms with van der Waals surface area (Å²) in [5.41, 5.74) is 1.52. The highest BCUT2D eigenvalue weighted by Gasteiger charge is 2.10. The van der Waals surface area contributed by atoms with Crippen molar-refractivity contribution in [2.75, 3.05) is 12.4 Å². The average molecular weight is 310 g/mol. The summed E-state index contributed by atoms with van der Waals surface area (Å²) in [6.45, 7) is 1.62. The van der Waals surface area contributed by atoms with Crippen LogP contribution in [-0.4, -0.2) is 13.0 Å². The summed E-state index contributed by atoms with van der Waals surface area (Å²) in [6.07, 6.45) is 1.42. The molecule has 2 aromatic rings. The van der Waals surface area contributed by atoms with E-state index >= 15 is 0 Å². The molecule has 0 bridgehead atoms. The Morgan fingerprint density at radius 2 is 1.96 bits per heavy atom. The van der Waals surface area contributed by atoms with Crippen molar-refractivity contribution in [3.8, 4) is 11.8 Å². The van der Waals surface area contributed by atoms with Crippen molar-refractivity contribution in [3.05, 3.63) is 65.0 Å². The summed E-state index contributed by atoms with van der Waals surface area (Å²) in [5, 5.41) is 11.8. The van der Waals surface area contributed by atoms with Gasteiger partial charge in [0.1, 0.15) is 23.2 Å². The average Bonchev–Trinajstić information content (AvgIpc) is 2.56. The van der Waals surface area contributed by atoms with Gasteiger partial charge in [0.2, 0.25) is 0 Å². The molecule has 4 nitrogen and oxygen atoms in total. The van der Waals surface area contributed by atoms with Gasteiger partial charge in [-0.25, -0.2) is 4.39 Å². The normalized spacial score (nSPS) is 10.8. The molecule has 0 saturated carbocycles. The molecule has 0 aliphatic carbocycles. The van der Waals surface area contributed by atoms with Crippen molar-refractivity contribution in [3.63, 3.8) is 0 Å². The molecular weight excluding hydrogens is 295 g/mol. The van der Waals surface area contributed by atoms with Crippen LogP contribution in [0.4, 0.5) is 10.1 Å². The SMILES string of the molecule is COc1ccc(NC(=O)C(C#N)=Cc2ccc(F)c(C)c2)cc1. The van der Waals surface area contributed by atoms with Crippen molar-refractivity contribution in [2.24, 2.45) is 0 Å². The van der Waals surface area contributed by atoms with E-state index in [-0.39, 0.29) is 11.4 Å². The maximum absolute atomic E-state index is 13.3. The number of carbonyl (C=O) groups is 1. The molecule has 0 unspecified atom stereocenters. The number of rotatable bonds is 4. The lowest BCUT2D eigenvalue weighted by Crippen LogP contribution is -2.13. The van der Waals surface area contributed by atoms with Crippen molar-refractivity contribution in [1.82, 2.24) is 0 Å². The molecule has 1 amide bonds. The minimum atomic E-state index is -0.528. The van der Waals surface area contributed by atoms with Gasteiger partial charge < -0.3 is 10.1 Å². The highest BCUT2D eigenvalue weighted by molar-refractivity contribution is 6.09. The topological polar surface area (TPSA) is 62.1 Å². The van der Waals surface area contributed by atoms with E-state index in [4.69, 9.17) is 10.00 Å². The lowest BCUT2D eigenvalue weighted by Gasteiger charge is -2.06. The maximum Gasteiger partial charge on any atom is 0.266 e. The highest BCUT2D eigenvalue weighted by Crippen LogP contribution is 2.17. The molecule has 2 rings (SSSR count). The zero-order valence-electron chi connectivity index (χ0n) is 12.8. The lowest BCUT2D eigenvalue weighted by atomic mass is 10.1. The Balaban J connectivity index is 2.18. The van der Waals surface area contributed by atoms with E-state index in [2.05, 4.69) is 5.32 Å². The molecule has 0 spiro atoms. The summed E-state index contributed by atoms with van der Waals surface area (Å²) in [6, 6.07) is 13.0. The Labute approximate surface area is 133 Å². The van der Waals surface area contributed by atoms with Gasteiger partial charge in [0.05, 0.1) is 7.11 Å². The van der Waals surface area contributed by atoms with E-state index in [1.54, 1.807) is 44.4 Å². The van der Waals surface area contributed by atoms with E-state index in [0.717, 1.165) is 0 Å². The van der Waals surface area contributed by atoms with Crippen molar-refractivity contribution < 1.29 is 13.9 Å². The summed E-state index contributed by atoms with van der Waals surface area (Å²) in [7, 11) is 1.55.